The summed E-state index contributed by atoms with van der Waals surface area (Å²) in [4.78, 5) is 12.4. The van der Waals surface area contributed by atoms with Gasteiger partial charge in [0.15, 0.2) is 0 Å². The minimum atomic E-state index is -3.15. The minimum Gasteiger partial charge on any atom is -0.311 e. The number of nitrogens with zero attached hydrogens (tertiary/aromatic N) is 2. The Bertz CT molecular complexity index is 510. The molecule has 0 aromatic carbocycles. The Morgan fingerprint density at radius 1 is 1.25 bits per heavy atom. The van der Waals surface area contributed by atoms with Crippen LogP contribution in [0.4, 0.5) is 4.79 Å². The third-order valence-electron chi connectivity index (χ3n) is 1.23. The van der Waals surface area contributed by atoms with E-state index in [9.17, 15) is 4.79 Å². The molecule has 2 unspecified atom stereocenters. The Hall–Kier alpha value is -0.810. The quantitative estimate of drug-likeness (QED) is 0.496. The van der Waals surface area contributed by atoms with Crippen LogP contribution in [0.1, 0.15) is 13.7 Å². The molecule has 68 valence electrons. The fourth-order valence-corrected chi connectivity index (χ4v) is 0.708. The number of nitrogens with one attached hydrogen (secondary N) is 2. The van der Waals surface area contributed by atoms with Crippen LogP contribution >= 0.6 is 0 Å². The summed E-state index contributed by atoms with van der Waals surface area (Å²) in [5.74, 6) is 0. The van der Waals surface area contributed by atoms with Gasteiger partial charge in [0.05, 0.1) is 21.5 Å². The number of rotatable bonds is 0. The summed E-state index contributed by atoms with van der Waals surface area (Å²) in [6, 6.07) is -1.71. The Morgan fingerprint density at radius 3 is 2.08 bits per heavy atom. The van der Waals surface area contributed by atoms with Gasteiger partial charge in [-0.1, -0.05) is 0 Å². The smallest absolute Gasteiger partial charge is 0.311 e. The molecule has 0 bridgehead atoms. The summed E-state index contributed by atoms with van der Waals surface area (Å²) >= 11 is 0. The van der Waals surface area contributed by atoms with E-state index < -0.39 is 45.3 Å². The molecule has 2 amide bonds. The van der Waals surface area contributed by atoms with Gasteiger partial charge < -0.3 is 9.80 Å². The second-order valence-corrected chi connectivity index (χ2v) is 1.96. The minimum absolute atomic E-state index is 0.0887. The largest absolute Gasteiger partial charge is 0.322 e. The molecule has 0 aromatic heterocycles. The van der Waals surface area contributed by atoms with Crippen molar-refractivity contribution in [2.75, 3.05) is 39.3 Å². The van der Waals surface area contributed by atoms with E-state index in [0.29, 0.717) is 0 Å². The predicted octanol–water partition coefficient (Wildman–Crippen LogP) is -1.17. The van der Waals surface area contributed by atoms with Crippen molar-refractivity contribution in [2.45, 2.75) is 0 Å². The maximum absolute atomic E-state index is 12.5. The van der Waals surface area contributed by atoms with Crippen LogP contribution < -0.4 is 10.6 Å². The molecule has 12 heavy (non-hydrogen) atoms. The molecule has 0 saturated carbocycles. The van der Waals surface area contributed by atoms with Gasteiger partial charge in [0.25, 0.3) is 0 Å². The van der Waals surface area contributed by atoms with Gasteiger partial charge in [-0.3, -0.25) is 10.6 Å². The van der Waals surface area contributed by atoms with Crippen molar-refractivity contribution >= 4 is 6.03 Å². The van der Waals surface area contributed by atoms with Crippen molar-refractivity contribution in [1.82, 2.24) is 20.4 Å². The molecule has 2 N–H and O–H groups in total. The van der Waals surface area contributed by atoms with Gasteiger partial charge >= 0.3 is 6.03 Å². The normalized spacial score (nSPS) is 70.7. The van der Waals surface area contributed by atoms with Crippen molar-refractivity contribution in [2.24, 2.45) is 0 Å². The first kappa shape index (κ1) is 1.99. The maximum atomic E-state index is 12.5. The van der Waals surface area contributed by atoms with E-state index in [4.69, 9.17) is 16.5 Å². The first-order chi connectivity index (χ1) is 10.5. The SMILES string of the molecule is [2H]C1N(C(=O)N2C([2H])C([2H])([2H])N([2H])C2([2H])[2H])C([2H])([2H])N([2H])C1([2H])[2H]. The number of carbonyl (C=O) groups excluding carboxylic acids is 1. The van der Waals surface area contributed by atoms with E-state index in [2.05, 4.69) is 0 Å². The summed E-state index contributed by atoms with van der Waals surface area (Å²) in [5.41, 5.74) is 0. The highest BCUT2D eigenvalue weighted by atomic mass is 16.2. The van der Waals surface area contributed by atoms with Crippen molar-refractivity contribution in [3.05, 3.63) is 0 Å². The summed E-state index contributed by atoms with van der Waals surface area (Å²) in [6.07, 6.45) is 0. The van der Waals surface area contributed by atoms with E-state index in [-0.39, 0.29) is 20.4 Å². The molecular weight excluding hydrogens is 156 g/mol. The van der Waals surface area contributed by atoms with Crippen molar-refractivity contribution in [3.8, 4) is 0 Å². The zero-order valence-electron chi connectivity index (χ0n) is 17.9. The number of hydrogen-bond donors (Lipinski definition) is 2. The lowest BCUT2D eigenvalue weighted by molar-refractivity contribution is 0.172. The molecule has 0 aliphatic carbocycles. The molecule has 2 atom stereocenters. The Balaban J connectivity index is 2.49. The summed E-state index contributed by atoms with van der Waals surface area (Å²) in [7, 11) is 0. The van der Waals surface area contributed by atoms with Crippen LogP contribution in [-0.2, 0) is 0 Å². The fourth-order valence-electron chi connectivity index (χ4n) is 0.708. The first-order valence-electron chi connectivity index (χ1n) is 9.14. The molecule has 5 heteroatoms. The van der Waals surface area contributed by atoms with Crippen LogP contribution in [0.25, 0.3) is 0 Å². The zero-order chi connectivity index (χ0) is 19.0. The molecule has 2 fully saturated rings. The standard InChI is InChI=1S/C7H14N4O/c12-7(10-3-1-8-5-10)11-4-2-9-6-11/h8-9H,1-6H2/i1D2,2D2,3D,4D,5D2,6D2/hD2. The number of hydrogen-bond acceptors (Lipinski definition) is 3. The van der Waals surface area contributed by atoms with Gasteiger partial charge in [-0.05, 0) is 0 Å². The average Bonchev–Trinajstić information content (AvgIpc) is 2.62. The summed E-state index contributed by atoms with van der Waals surface area (Å²) in [6.45, 7) is -16.7. The van der Waals surface area contributed by atoms with E-state index in [0.717, 1.165) is 0 Å². The molecular formula is C7H14N4O. The second kappa shape index (κ2) is 3.28. The highest BCUT2D eigenvalue weighted by Gasteiger charge is 2.24. The van der Waals surface area contributed by atoms with Gasteiger partial charge in [0, 0.05) is 31.5 Å². The van der Waals surface area contributed by atoms with Crippen LogP contribution in [-0.4, -0.2) is 55.1 Å². The Morgan fingerprint density at radius 2 is 1.75 bits per heavy atom. The fraction of sp³-hybridized carbons (Fsp3) is 0.857. The number of amides is 2. The Labute approximate surface area is 88.7 Å². The third-order valence-corrected chi connectivity index (χ3v) is 1.23. The van der Waals surface area contributed by atoms with Crippen LogP contribution in [0.3, 0.4) is 0 Å². The van der Waals surface area contributed by atoms with Crippen LogP contribution in [0.5, 0.6) is 0 Å². The number of carbonyl (C=O) groups is 1. The lowest BCUT2D eigenvalue weighted by Gasteiger charge is -2.21. The molecule has 5 nitrogen and oxygen atoms in total. The van der Waals surface area contributed by atoms with Gasteiger partial charge in [-0.2, -0.15) is 0 Å². The highest BCUT2D eigenvalue weighted by Crippen LogP contribution is 2.02. The molecule has 2 rings (SSSR count). The third kappa shape index (κ3) is 1.37. The molecule has 0 radical (unpaired) electrons. The first-order valence-corrected chi connectivity index (χ1v) is 3.09. The van der Waals surface area contributed by atoms with Crippen molar-refractivity contribution in [1.29, 1.82) is 0 Å². The maximum Gasteiger partial charge on any atom is 0.322 e. The van der Waals surface area contributed by atoms with Crippen LogP contribution in [0, 0.1) is 0 Å². The Kier molecular flexibility index (Phi) is 0.543. The monoisotopic (exact) mass is 182 g/mol. The zero-order valence-corrected chi connectivity index (χ0v) is 5.85. The van der Waals surface area contributed by atoms with Crippen molar-refractivity contribution in [3.63, 3.8) is 0 Å². The highest BCUT2D eigenvalue weighted by molar-refractivity contribution is 5.74. The van der Waals surface area contributed by atoms with Crippen LogP contribution in [0.15, 0.2) is 0 Å². The van der Waals surface area contributed by atoms with E-state index in [1.807, 2.05) is 0 Å². The average molecular weight is 182 g/mol. The summed E-state index contributed by atoms with van der Waals surface area (Å²) in [5, 5.41) is -0.541. The topological polar surface area (TPSA) is 47.6 Å². The number of urea groups is 1. The van der Waals surface area contributed by atoms with E-state index >= 15 is 0 Å². The molecule has 0 spiro atoms. The van der Waals surface area contributed by atoms with Gasteiger partial charge in [0.2, 0.25) is 0 Å². The molecule has 2 aliphatic rings. The predicted molar refractivity (Wildman–Crippen MR) is 44.5 cm³/mol. The lowest BCUT2D eigenvalue weighted by Crippen LogP contribution is -2.41. The lowest BCUT2D eigenvalue weighted by atomic mass is 10.6. The van der Waals surface area contributed by atoms with Gasteiger partial charge in [-0.25, -0.2) is 4.79 Å². The van der Waals surface area contributed by atoms with Gasteiger partial charge in [-0.15, -0.1) is 0 Å². The van der Waals surface area contributed by atoms with Crippen LogP contribution in [0.2, 0.25) is 2.82 Å². The van der Waals surface area contributed by atoms with E-state index in [1.165, 1.54) is 0 Å². The molecule has 0 aromatic rings. The molecule has 2 heterocycles. The molecule has 2 aliphatic heterocycles. The second-order valence-electron chi connectivity index (χ2n) is 1.96. The van der Waals surface area contributed by atoms with E-state index in [1.54, 1.807) is 0 Å². The molecule has 2 saturated heterocycles. The van der Waals surface area contributed by atoms with Crippen molar-refractivity contribution < 1.29 is 21.3 Å². The summed E-state index contributed by atoms with van der Waals surface area (Å²) < 4.78 is 90.9. The van der Waals surface area contributed by atoms with Gasteiger partial charge in [0.1, 0.15) is 2.82 Å².